The van der Waals surface area contributed by atoms with Gasteiger partial charge in [0.1, 0.15) is 12.1 Å². The van der Waals surface area contributed by atoms with Crippen LogP contribution < -0.4 is 15.0 Å². The largest absolute Gasteiger partial charge is 0.497 e. The monoisotopic (exact) mass is 521 g/mol. The Morgan fingerprint density at radius 2 is 1.81 bits per heavy atom. The van der Waals surface area contributed by atoms with Crippen LogP contribution >= 0.6 is 11.3 Å². The van der Waals surface area contributed by atoms with Crippen molar-refractivity contribution in [2.45, 2.75) is 65.6 Å². The van der Waals surface area contributed by atoms with Crippen molar-refractivity contribution in [1.82, 2.24) is 20.2 Å². The molecule has 0 bridgehead atoms. The van der Waals surface area contributed by atoms with E-state index < -0.39 is 0 Å². The van der Waals surface area contributed by atoms with Crippen LogP contribution in [0.1, 0.15) is 58.4 Å². The molecule has 1 unspecified atom stereocenters. The summed E-state index contributed by atoms with van der Waals surface area (Å²) in [4.78, 5) is 27.6. The van der Waals surface area contributed by atoms with Crippen molar-refractivity contribution >= 4 is 22.9 Å². The van der Waals surface area contributed by atoms with Gasteiger partial charge in [-0.15, -0.1) is 11.3 Å². The Bertz CT molecular complexity index is 1150. The molecular weight excluding hydrogens is 482 g/mol. The lowest BCUT2D eigenvalue weighted by Crippen LogP contribution is -2.48. The Labute approximate surface area is 224 Å². The Hall–Kier alpha value is -2.97. The van der Waals surface area contributed by atoms with E-state index in [1.165, 1.54) is 22.5 Å². The summed E-state index contributed by atoms with van der Waals surface area (Å²) < 4.78 is 5.39. The van der Waals surface area contributed by atoms with E-state index in [-0.39, 0.29) is 5.91 Å². The quantitative estimate of drug-likeness (QED) is 0.398. The summed E-state index contributed by atoms with van der Waals surface area (Å²) in [6, 6.07) is 11.6. The number of aromatic nitrogens is 2. The lowest BCUT2D eigenvalue weighted by Gasteiger charge is -2.42. The lowest BCUT2D eigenvalue weighted by atomic mass is 9.99. The number of piperidine rings is 1. The normalized spacial score (nSPS) is 15.4. The van der Waals surface area contributed by atoms with Gasteiger partial charge in [-0.3, -0.25) is 4.79 Å². The highest BCUT2D eigenvalue weighted by Gasteiger charge is 2.28. The highest BCUT2D eigenvalue weighted by molar-refractivity contribution is 7.10. The van der Waals surface area contributed by atoms with Crippen molar-refractivity contribution in [2.24, 2.45) is 0 Å². The summed E-state index contributed by atoms with van der Waals surface area (Å²) in [5, 5.41) is 5.26. The number of rotatable bonds is 10. The van der Waals surface area contributed by atoms with Gasteiger partial charge in [0, 0.05) is 42.3 Å². The maximum Gasteiger partial charge on any atom is 0.254 e. The van der Waals surface area contributed by atoms with E-state index in [2.05, 4.69) is 74.6 Å². The highest BCUT2D eigenvalue weighted by atomic mass is 32.1. The third-order valence-electron chi connectivity index (χ3n) is 7.55. The molecule has 7 nitrogen and oxygen atoms in total. The van der Waals surface area contributed by atoms with E-state index in [0.29, 0.717) is 24.2 Å². The number of nitrogens with zero attached hydrogens (tertiary/aromatic N) is 4. The summed E-state index contributed by atoms with van der Waals surface area (Å²) >= 11 is 1.84. The van der Waals surface area contributed by atoms with Gasteiger partial charge < -0.3 is 19.9 Å². The summed E-state index contributed by atoms with van der Waals surface area (Å²) in [6.07, 6.45) is 4.66. The fourth-order valence-electron chi connectivity index (χ4n) is 5.15. The molecule has 37 heavy (non-hydrogen) atoms. The van der Waals surface area contributed by atoms with Gasteiger partial charge >= 0.3 is 0 Å². The van der Waals surface area contributed by atoms with Gasteiger partial charge in [0.25, 0.3) is 5.91 Å². The number of ether oxygens (including phenoxy) is 1. The van der Waals surface area contributed by atoms with Gasteiger partial charge in [0.15, 0.2) is 0 Å². The van der Waals surface area contributed by atoms with Crippen molar-refractivity contribution in [3.05, 3.63) is 69.4 Å². The maximum atomic E-state index is 12.7. The summed E-state index contributed by atoms with van der Waals surface area (Å²) in [5.74, 6) is 0.803. The number of hydrogen-bond donors (Lipinski definition) is 1. The predicted molar refractivity (Wildman–Crippen MR) is 151 cm³/mol. The molecule has 1 aliphatic heterocycles. The zero-order valence-corrected chi connectivity index (χ0v) is 23.5. The topological polar surface area (TPSA) is 70.6 Å². The fraction of sp³-hybridized carbons (Fsp3) is 0.483. The third-order valence-corrected chi connectivity index (χ3v) is 8.56. The number of hydrogen-bond acceptors (Lipinski definition) is 7. The molecule has 1 fully saturated rings. The van der Waals surface area contributed by atoms with Crippen molar-refractivity contribution in [3.8, 4) is 5.75 Å². The standard InChI is InChI=1S/C29H39N5O2S/c1-20-13-17-37-27(20)18-34(24-6-8-26(36-5)9-7-24)25-11-15-33(16-12-25)21(2)10-14-30-29(35)28-22(3)31-19-32-23(28)4/h6-9,13,17,19,21,25H,10-12,14-16,18H2,1-5H3,(H,30,35). The van der Waals surface area contributed by atoms with E-state index in [0.717, 1.165) is 56.0 Å². The van der Waals surface area contributed by atoms with Crippen molar-refractivity contribution in [2.75, 3.05) is 31.6 Å². The molecule has 8 heteroatoms. The Morgan fingerprint density at radius 3 is 2.41 bits per heavy atom. The maximum absolute atomic E-state index is 12.7. The van der Waals surface area contributed by atoms with Crippen molar-refractivity contribution < 1.29 is 9.53 Å². The van der Waals surface area contributed by atoms with Crippen molar-refractivity contribution in [1.29, 1.82) is 0 Å². The zero-order chi connectivity index (χ0) is 26.4. The van der Waals surface area contributed by atoms with Crippen LogP contribution in [0.4, 0.5) is 5.69 Å². The van der Waals surface area contributed by atoms with Gasteiger partial charge in [-0.25, -0.2) is 9.97 Å². The molecule has 4 rings (SSSR count). The predicted octanol–water partition coefficient (Wildman–Crippen LogP) is 5.15. The third kappa shape index (κ3) is 6.67. The first-order chi connectivity index (χ1) is 17.9. The number of methoxy groups -OCH3 is 1. The summed E-state index contributed by atoms with van der Waals surface area (Å²) in [6.45, 7) is 11.9. The van der Waals surface area contributed by atoms with E-state index >= 15 is 0 Å². The average molecular weight is 522 g/mol. The van der Waals surface area contributed by atoms with Gasteiger partial charge in [0.05, 0.1) is 30.6 Å². The molecule has 1 N–H and O–H groups in total. The van der Waals surface area contributed by atoms with E-state index in [4.69, 9.17) is 4.74 Å². The molecule has 1 aromatic carbocycles. The van der Waals surface area contributed by atoms with Crippen LogP contribution in [0.25, 0.3) is 0 Å². The number of benzene rings is 1. The molecule has 1 aliphatic rings. The molecule has 0 saturated carbocycles. The first kappa shape index (κ1) is 27.1. The van der Waals surface area contributed by atoms with Crippen LogP contribution in [-0.2, 0) is 6.54 Å². The minimum absolute atomic E-state index is 0.0829. The number of anilines is 1. The van der Waals surface area contributed by atoms with Gasteiger partial charge in [-0.1, -0.05) is 0 Å². The second-order valence-electron chi connectivity index (χ2n) is 9.93. The molecule has 2 aromatic heterocycles. The molecule has 0 aliphatic carbocycles. The van der Waals surface area contributed by atoms with Crippen LogP contribution in [0, 0.1) is 20.8 Å². The highest BCUT2D eigenvalue weighted by Crippen LogP contribution is 2.30. The van der Waals surface area contributed by atoms with Gasteiger partial charge in [-0.05, 0) is 88.2 Å². The van der Waals surface area contributed by atoms with Gasteiger partial charge in [0.2, 0.25) is 0 Å². The molecule has 0 spiro atoms. The van der Waals surface area contributed by atoms with Gasteiger partial charge in [-0.2, -0.15) is 0 Å². The molecule has 3 aromatic rings. The number of carbonyl (C=O) groups is 1. The number of carbonyl (C=O) groups excluding carboxylic acids is 1. The molecule has 1 saturated heterocycles. The minimum Gasteiger partial charge on any atom is -0.497 e. The van der Waals surface area contributed by atoms with Crippen LogP contribution in [0.3, 0.4) is 0 Å². The average Bonchev–Trinajstić information content (AvgIpc) is 3.31. The minimum atomic E-state index is -0.0829. The second kappa shape index (κ2) is 12.5. The zero-order valence-electron chi connectivity index (χ0n) is 22.7. The lowest BCUT2D eigenvalue weighted by molar-refractivity contribution is 0.0943. The number of amides is 1. The van der Waals surface area contributed by atoms with Crippen molar-refractivity contribution in [3.63, 3.8) is 0 Å². The number of nitrogens with one attached hydrogen (secondary N) is 1. The molecule has 0 radical (unpaired) electrons. The van der Waals surface area contributed by atoms with E-state index in [9.17, 15) is 4.79 Å². The van der Waals surface area contributed by atoms with E-state index in [1.54, 1.807) is 7.11 Å². The molecule has 1 atom stereocenters. The SMILES string of the molecule is COc1ccc(N(Cc2sccc2C)C2CCN(C(C)CCNC(=O)c3c(C)ncnc3C)CC2)cc1. The smallest absolute Gasteiger partial charge is 0.254 e. The molecule has 1 amide bonds. The Balaban J connectivity index is 1.33. The number of likely N-dealkylation sites (tertiary alicyclic amines) is 1. The van der Waals surface area contributed by atoms with Crippen LogP contribution in [0.5, 0.6) is 5.75 Å². The fourth-order valence-corrected chi connectivity index (χ4v) is 6.06. The van der Waals surface area contributed by atoms with Crippen LogP contribution in [0.15, 0.2) is 42.0 Å². The van der Waals surface area contributed by atoms with E-state index in [1.807, 2.05) is 25.2 Å². The van der Waals surface area contributed by atoms with Crippen LogP contribution in [0.2, 0.25) is 0 Å². The van der Waals surface area contributed by atoms with Crippen LogP contribution in [-0.4, -0.2) is 59.6 Å². The second-order valence-corrected chi connectivity index (χ2v) is 10.9. The summed E-state index contributed by atoms with van der Waals surface area (Å²) in [7, 11) is 1.71. The Morgan fingerprint density at radius 1 is 1.14 bits per heavy atom. The number of thiophene rings is 1. The molecule has 198 valence electrons. The molecular formula is C29H39N5O2S. The number of aryl methyl sites for hydroxylation is 3. The first-order valence-electron chi connectivity index (χ1n) is 13.1. The Kier molecular flexibility index (Phi) is 9.16. The summed E-state index contributed by atoms with van der Waals surface area (Å²) in [5.41, 5.74) is 4.65. The molecule has 3 heterocycles. The first-order valence-corrected chi connectivity index (χ1v) is 14.0.